The average molecular weight is 1450 g/mol. The highest BCUT2D eigenvalue weighted by molar-refractivity contribution is 7.86. The molecule has 2 aliphatic heterocycles. The van der Waals surface area contributed by atoms with Crippen LogP contribution in [0.3, 0.4) is 0 Å². The number of esters is 1. The number of hydrogen-bond acceptors (Lipinski definition) is 17. The van der Waals surface area contributed by atoms with Gasteiger partial charge in [0.1, 0.15) is 12.3 Å². The number of hydrogen-bond donors (Lipinski definition) is 5. The maximum Gasteiger partial charge on any atom is 0.338 e. The highest BCUT2D eigenvalue weighted by Gasteiger charge is 2.48. The van der Waals surface area contributed by atoms with Crippen molar-refractivity contribution in [3.63, 3.8) is 0 Å². The topological polar surface area (TPSA) is 333 Å². The van der Waals surface area contributed by atoms with Crippen LogP contribution in [0.2, 0.25) is 0 Å². The first-order chi connectivity index (χ1) is 46.6. The number of benzene rings is 5. The fourth-order valence-electron chi connectivity index (χ4n) is 12.1. The standard InChI is InChI=1S/C70H86N3O20PS4/c1-69(36-20-48-95(77,78)79)60-51-57(97(83,84)85)31-34-62(60)72(39-18-10-11-22-54(74)23-19-38-71-67(75)53-30-33-59(68(76)90-4)64(50-53)94(55-24-12-8-13-25-55)56-26-14-9-15-27-56)65(69)28-16-6-5-7-17-29-66-70(2,37-21-49-96(80,81)82)61-52-58(98(86,87)88)32-35-63(61)73(66)40-41-91-44-45-93-47-46-92-43-42-89-3/h5-9,12-17,24-35,50-52H,10-11,18-23,36-49H2,1-4H3,(H4-,71,75,77,78,79,80,81,82,83,84,85,86,87,88)/p+1. The van der Waals surface area contributed by atoms with Gasteiger partial charge in [0.05, 0.1) is 85.6 Å². The van der Waals surface area contributed by atoms with Gasteiger partial charge in [-0.05, 0) is 137 Å². The van der Waals surface area contributed by atoms with Gasteiger partial charge in [0, 0.05) is 84.8 Å². The van der Waals surface area contributed by atoms with E-state index in [1.165, 1.54) is 31.4 Å². The number of rotatable bonds is 41. The van der Waals surface area contributed by atoms with Crippen LogP contribution in [-0.4, -0.2) is 171 Å². The van der Waals surface area contributed by atoms with Gasteiger partial charge in [-0.15, -0.1) is 0 Å². The third-order valence-electron chi connectivity index (χ3n) is 17.0. The Hall–Kier alpha value is -6.95. The van der Waals surface area contributed by atoms with Crippen LogP contribution in [0.5, 0.6) is 0 Å². The predicted octanol–water partition coefficient (Wildman–Crippen LogP) is 8.78. The Kier molecular flexibility index (Phi) is 29.1. The minimum atomic E-state index is -4.69. The van der Waals surface area contributed by atoms with E-state index in [2.05, 4.69) is 5.32 Å². The van der Waals surface area contributed by atoms with Gasteiger partial charge in [-0.2, -0.15) is 38.2 Å². The zero-order chi connectivity index (χ0) is 71.2. The monoisotopic (exact) mass is 1450 g/mol. The van der Waals surface area contributed by atoms with E-state index in [0.717, 1.165) is 10.6 Å². The summed E-state index contributed by atoms with van der Waals surface area (Å²) in [6, 6.07) is 32.8. The largest absolute Gasteiger partial charge is 0.465 e. The third kappa shape index (κ3) is 22.3. The van der Waals surface area contributed by atoms with Gasteiger partial charge >= 0.3 is 5.97 Å². The average Bonchev–Trinajstić information content (AvgIpc) is 1.57. The summed E-state index contributed by atoms with van der Waals surface area (Å²) in [7, 11) is -16.5. The van der Waals surface area contributed by atoms with Crippen molar-refractivity contribution in [2.45, 2.75) is 98.7 Å². The van der Waals surface area contributed by atoms with E-state index in [1.807, 2.05) is 90.1 Å². The Morgan fingerprint density at radius 1 is 0.582 bits per heavy atom. The molecular weight excluding hydrogens is 1360 g/mol. The van der Waals surface area contributed by atoms with Crippen molar-refractivity contribution in [3.05, 3.63) is 186 Å². The van der Waals surface area contributed by atoms with Crippen molar-refractivity contribution in [1.82, 2.24) is 5.32 Å². The van der Waals surface area contributed by atoms with Crippen molar-refractivity contribution >= 4 is 99.1 Å². The van der Waals surface area contributed by atoms with Gasteiger partial charge in [-0.3, -0.25) is 27.8 Å². The molecule has 28 heteroatoms. The van der Waals surface area contributed by atoms with Crippen LogP contribution < -0.4 is 26.1 Å². The molecule has 2 unspecified atom stereocenters. The van der Waals surface area contributed by atoms with Crippen molar-refractivity contribution in [2.24, 2.45) is 0 Å². The number of anilines is 1. The van der Waals surface area contributed by atoms with Gasteiger partial charge in [0.15, 0.2) is 5.71 Å². The molecule has 2 aliphatic rings. The van der Waals surface area contributed by atoms with E-state index in [1.54, 1.807) is 73.9 Å². The molecule has 0 radical (unpaired) electrons. The van der Waals surface area contributed by atoms with Crippen LogP contribution in [0.4, 0.5) is 11.4 Å². The number of carbonyl (C=O) groups excluding carboxylic acids is 3. The number of nitrogens with zero attached hydrogens (tertiary/aromatic N) is 2. The second-order valence-corrected chi connectivity index (χ2v) is 32.1. The predicted molar refractivity (Wildman–Crippen MR) is 377 cm³/mol. The van der Waals surface area contributed by atoms with E-state index >= 15 is 0 Å². The van der Waals surface area contributed by atoms with Crippen molar-refractivity contribution in [3.8, 4) is 0 Å². The number of fused-ring (bicyclic) bond motifs is 2. The van der Waals surface area contributed by atoms with E-state index in [-0.39, 0.29) is 92.9 Å². The van der Waals surface area contributed by atoms with Crippen molar-refractivity contribution < 1.29 is 94.5 Å². The zero-order valence-corrected chi connectivity index (χ0v) is 59.5. The Labute approximate surface area is 576 Å². The van der Waals surface area contributed by atoms with Crippen LogP contribution in [0, 0.1) is 0 Å². The molecule has 7 rings (SSSR count). The fraction of sp³-hybridized carbons (Fsp3) is 0.400. The van der Waals surface area contributed by atoms with Crippen molar-refractivity contribution in [1.29, 1.82) is 0 Å². The molecule has 5 aromatic rings. The normalized spacial score (nSPS) is 17.1. The van der Waals surface area contributed by atoms with Gasteiger partial charge in [-0.1, -0.05) is 91.0 Å². The number of carbonyl (C=O) groups is 3. The Morgan fingerprint density at radius 2 is 1.13 bits per heavy atom. The minimum Gasteiger partial charge on any atom is -0.465 e. The molecule has 2 heterocycles. The molecular formula is C70H87N3O20PS4+. The third-order valence-corrected chi connectivity index (χ3v) is 22.7. The quantitative estimate of drug-likeness (QED) is 0.00609. The summed E-state index contributed by atoms with van der Waals surface area (Å²) in [5.74, 6) is -2.02. The molecule has 5 N–H and O–H groups in total. The maximum absolute atomic E-state index is 13.6. The lowest BCUT2D eigenvalue weighted by atomic mass is 9.76. The molecule has 1 amide bonds. The van der Waals surface area contributed by atoms with Gasteiger partial charge < -0.3 is 33.9 Å². The lowest BCUT2D eigenvalue weighted by molar-refractivity contribution is -0.438. The first-order valence-corrected chi connectivity index (χ1v) is 39.5. The lowest BCUT2D eigenvalue weighted by Gasteiger charge is -2.30. The Balaban J connectivity index is 1.06. The summed E-state index contributed by atoms with van der Waals surface area (Å²) in [5, 5.41) is 5.56. The number of amides is 1. The molecule has 0 bridgehead atoms. The van der Waals surface area contributed by atoms with Crippen LogP contribution in [0.25, 0.3) is 0 Å². The number of Topliss-reactive ketones (excluding diaryl/α,β-unsaturated/α-hetero) is 1. The van der Waals surface area contributed by atoms with E-state index < -0.39 is 76.7 Å². The number of nitrogens with one attached hydrogen (secondary N) is 1. The smallest absolute Gasteiger partial charge is 0.338 e. The molecule has 98 heavy (non-hydrogen) atoms. The summed E-state index contributed by atoms with van der Waals surface area (Å²) in [4.78, 5) is 41.2. The molecule has 0 aromatic heterocycles. The number of unbranched alkanes of at least 4 members (excludes halogenated alkanes) is 2. The van der Waals surface area contributed by atoms with Crippen LogP contribution >= 0.6 is 7.92 Å². The highest BCUT2D eigenvalue weighted by atomic mass is 32.2. The van der Waals surface area contributed by atoms with E-state index in [0.29, 0.717) is 109 Å². The molecule has 5 aromatic carbocycles. The summed E-state index contributed by atoms with van der Waals surface area (Å²) in [5.41, 5.74) is 2.03. The zero-order valence-electron chi connectivity index (χ0n) is 55.4. The number of methoxy groups -OCH3 is 2. The minimum absolute atomic E-state index is 0.00665. The summed E-state index contributed by atoms with van der Waals surface area (Å²) < 4.78 is 167. The molecule has 0 aliphatic carbocycles. The Morgan fingerprint density at radius 3 is 1.72 bits per heavy atom. The van der Waals surface area contributed by atoms with Gasteiger partial charge in [-0.25, -0.2) is 4.79 Å². The first kappa shape index (κ1) is 78.4. The molecule has 0 saturated heterocycles. The number of allylic oxidation sites excluding steroid dienone is 8. The SMILES string of the molecule is COCCOCCOCCOCCN1C(=CC=CC=CC=CC2=[N+](CCCCCC(=O)CCCNC(=O)c3ccc(C(=O)OC)c(P(c4ccccc4)c4ccccc4)c3)c3ccc(S(=O)(=O)O)cc3C2(C)CCCS(=O)(=O)O)C(C)(CCCS(=O)(=O)O)c2cc(S(=O)(=O)O)ccc21. The molecule has 0 spiro atoms. The van der Waals surface area contributed by atoms with Crippen LogP contribution in [0.15, 0.2) is 173 Å². The second-order valence-electron chi connectivity index (χ2n) is 23.9. The summed E-state index contributed by atoms with van der Waals surface area (Å²) in [6.07, 6.45) is 15.0. The van der Waals surface area contributed by atoms with E-state index in [4.69, 9.17) is 23.7 Å². The molecule has 530 valence electrons. The molecule has 23 nitrogen and oxygen atoms in total. The molecule has 0 fully saturated rings. The fourth-order valence-corrected chi connectivity index (χ4v) is 16.6. The lowest BCUT2D eigenvalue weighted by Crippen LogP contribution is -2.32. The Bertz CT molecular complexity index is 4180. The maximum atomic E-state index is 13.6. The highest BCUT2D eigenvalue weighted by Crippen LogP contribution is 2.51. The summed E-state index contributed by atoms with van der Waals surface area (Å²) in [6.45, 7) is 6.82. The molecule has 2 atom stereocenters. The van der Waals surface area contributed by atoms with Crippen LogP contribution in [-0.2, 0) is 79.8 Å². The van der Waals surface area contributed by atoms with Crippen LogP contribution in [0.1, 0.15) is 110 Å². The molecule has 0 saturated carbocycles. The van der Waals surface area contributed by atoms with E-state index in [9.17, 15) is 66.3 Å². The second kappa shape index (κ2) is 36.4. The summed E-state index contributed by atoms with van der Waals surface area (Å²) >= 11 is 0. The number of ether oxygens (including phenoxy) is 5. The van der Waals surface area contributed by atoms with Crippen molar-refractivity contribution in [2.75, 3.05) is 96.5 Å². The van der Waals surface area contributed by atoms with Gasteiger partial charge in [0.2, 0.25) is 5.69 Å². The number of ketones is 1. The first-order valence-electron chi connectivity index (χ1n) is 32.0. The van der Waals surface area contributed by atoms with Gasteiger partial charge in [0.25, 0.3) is 46.4 Å².